The molecule has 0 aliphatic carbocycles. The highest BCUT2D eigenvalue weighted by Crippen LogP contribution is 2.25. The minimum absolute atomic E-state index is 0.172. The van der Waals surface area contributed by atoms with Gasteiger partial charge in [-0.1, -0.05) is 0 Å². The van der Waals surface area contributed by atoms with Crippen LogP contribution in [0.25, 0.3) is 0 Å². The molecule has 1 fully saturated rings. The third-order valence-electron chi connectivity index (χ3n) is 4.44. The van der Waals surface area contributed by atoms with Gasteiger partial charge in [-0.05, 0) is 35.4 Å². The van der Waals surface area contributed by atoms with E-state index in [0.717, 1.165) is 44.7 Å². The summed E-state index contributed by atoms with van der Waals surface area (Å²) in [5.41, 5.74) is 2.26. The molecule has 1 aliphatic heterocycles. The van der Waals surface area contributed by atoms with E-state index in [1.54, 1.807) is 11.3 Å². The first-order valence-electron chi connectivity index (χ1n) is 8.21. The summed E-state index contributed by atoms with van der Waals surface area (Å²) >= 11 is 1.62. The molecule has 0 saturated carbocycles. The van der Waals surface area contributed by atoms with Crippen molar-refractivity contribution in [1.29, 1.82) is 0 Å². The van der Waals surface area contributed by atoms with Crippen LogP contribution in [0.3, 0.4) is 0 Å². The largest absolute Gasteiger partial charge is 0.468 e. The molecule has 1 atom stereocenters. The predicted octanol–water partition coefficient (Wildman–Crippen LogP) is 1.90. The second-order valence-electron chi connectivity index (χ2n) is 6.17. The normalized spacial score (nSPS) is 18.2. The summed E-state index contributed by atoms with van der Waals surface area (Å²) in [6, 6.07) is 1.73. The number of carbonyl (C=O) groups is 1. The summed E-state index contributed by atoms with van der Waals surface area (Å²) in [5, 5.41) is 8.29. The third kappa shape index (κ3) is 4.03. The van der Waals surface area contributed by atoms with E-state index in [4.69, 9.17) is 4.74 Å². The lowest BCUT2D eigenvalue weighted by Crippen LogP contribution is -2.37. The fourth-order valence-corrected chi connectivity index (χ4v) is 3.94. The first-order chi connectivity index (χ1) is 11.7. The van der Waals surface area contributed by atoms with Gasteiger partial charge in [0.2, 0.25) is 0 Å². The van der Waals surface area contributed by atoms with Crippen LogP contribution in [0.4, 0.5) is 0 Å². The summed E-state index contributed by atoms with van der Waals surface area (Å²) in [6.45, 7) is 4.63. The maximum absolute atomic E-state index is 12.3. The van der Waals surface area contributed by atoms with Crippen LogP contribution in [0.15, 0.2) is 29.2 Å². The van der Waals surface area contributed by atoms with Gasteiger partial charge in [-0.3, -0.25) is 14.5 Å². The molecule has 7 heteroatoms. The lowest BCUT2D eigenvalue weighted by molar-refractivity contribution is -0.147. The lowest BCUT2D eigenvalue weighted by Gasteiger charge is -2.28. The van der Waals surface area contributed by atoms with Crippen molar-refractivity contribution in [3.63, 3.8) is 0 Å². The SMILES string of the molecule is COC(=O)[C@H](c1ccsc1)N1CCCN(Cc2cnn(C)c2)CC1. The molecule has 1 saturated heterocycles. The van der Waals surface area contributed by atoms with Crippen LogP contribution in [0.1, 0.15) is 23.6 Å². The Hall–Kier alpha value is -1.70. The van der Waals surface area contributed by atoms with E-state index in [2.05, 4.69) is 21.1 Å². The van der Waals surface area contributed by atoms with Crippen molar-refractivity contribution in [1.82, 2.24) is 19.6 Å². The van der Waals surface area contributed by atoms with Crippen LogP contribution in [0, 0.1) is 0 Å². The number of nitrogens with zero attached hydrogens (tertiary/aromatic N) is 4. The molecule has 0 radical (unpaired) electrons. The molecule has 24 heavy (non-hydrogen) atoms. The Morgan fingerprint density at radius 3 is 2.92 bits per heavy atom. The van der Waals surface area contributed by atoms with E-state index >= 15 is 0 Å². The highest BCUT2D eigenvalue weighted by Gasteiger charge is 2.30. The Morgan fingerprint density at radius 2 is 2.25 bits per heavy atom. The van der Waals surface area contributed by atoms with Crippen molar-refractivity contribution in [2.75, 3.05) is 33.3 Å². The minimum atomic E-state index is -0.292. The fraction of sp³-hybridized carbons (Fsp3) is 0.529. The zero-order chi connectivity index (χ0) is 16.9. The fourth-order valence-electron chi connectivity index (χ4n) is 3.26. The quantitative estimate of drug-likeness (QED) is 0.773. The number of rotatable bonds is 5. The molecule has 0 unspecified atom stereocenters. The molecule has 0 amide bonds. The number of aromatic nitrogens is 2. The zero-order valence-corrected chi connectivity index (χ0v) is 15.0. The molecular formula is C17H24N4O2S. The highest BCUT2D eigenvalue weighted by atomic mass is 32.1. The second kappa shape index (κ2) is 7.92. The van der Waals surface area contributed by atoms with Crippen LogP contribution in [0.5, 0.6) is 0 Å². The van der Waals surface area contributed by atoms with E-state index in [1.165, 1.54) is 12.7 Å². The van der Waals surface area contributed by atoms with Gasteiger partial charge in [-0.25, -0.2) is 4.79 Å². The van der Waals surface area contributed by atoms with Crippen molar-refractivity contribution in [2.24, 2.45) is 7.05 Å². The van der Waals surface area contributed by atoms with Gasteiger partial charge in [0.1, 0.15) is 6.04 Å². The zero-order valence-electron chi connectivity index (χ0n) is 14.2. The molecule has 3 rings (SSSR count). The predicted molar refractivity (Wildman–Crippen MR) is 93.8 cm³/mol. The summed E-state index contributed by atoms with van der Waals surface area (Å²) < 4.78 is 6.89. The Labute approximate surface area is 146 Å². The number of carbonyl (C=O) groups excluding carboxylic acids is 1. The summed E-state index contributed by atoms with van der Waals surface area (Å²) in [6.07, 6.45) is 5.02. The van der Waals surface area contributed by atoms with Crippen LogP contribution in [-0.4, -0.2) is 58.8 Å². The van der Waals surface area contributed by atoms with Gasteiger partial charge in [0.15, 0.2) is 0 Å². The summed E-state index contributed by atoms with van der Waals surface area (Å²) in [4.78, 5) is 17.0. The molecule has 3 heterocycles. The maximum Gasteiger partial charge on any atom is 0.327 e. The number of aryl methyl sites for hydroxylation is 1. The first-order valence-corrected chi connectivity index (χ1v) is 9.15. The molecule has 6 nitrogen and oxygen atoms in total. The number of esters is 1. The lowest BCUT2D eigenvalue weighted by atomic mass is 10.1. The van der Waals surface area contributed by atoms with Gasteiger partial charge < -0.3 is 4.74 Å². The van der Waals surface area contributed by atoms with Crippen LogP contribution in [0.2, 0.25) is 0 Å². The van der Waals surface area contributed by atoms with Gasteiger partial charge in [-0.2, -0.15) is 16.4 Å². The number of thiophene rings is 1. The van der Waals surface area contributed by atoms with Gasteiger partial charge in [0, 0.05) is 45.0 Å². The molecule has 2 aromatic rings. The van der Waals surface area contributed by atoms with Crippen LogP contribution in [-0.2, 0) is 23.1 Å². The van der Waals surface area contributed by atoms with Crippen molar-refractivity contribution in [2.45, 2.75) is 19.0 Å². The maximum atomic E-state index is 12.3. The third-order valence-corrected chi connectivity index (χ3v) is 5.14. The summed E-state index contributed by atoms with van der Waals surface area (Å²) in [5.74, 6) is -0.172. The monoisotopic (exact) mass is 348 g/mol. The molecule has 0 N–H and O–H groups in total. The molecule has 130 valence electrons. The van der Waals surface area contributed by atoms with Crippen LogP contribution < -0.4 is 0 Å². The first kappa shape index (κ1) is 17.1. The molecule has 0 bridgehead atoms. The molecule has 0 spiro atoms. The van der Waals surface area contributed by atoms with Crippen molar-refractivity contribution in [3.05, 3.63) is 40.3 Å². The summed E-state index contributed by atoms with van der Waals surface area (Å²) in [7, 11) is 3.41. The molecule has 1 aliphatic rings. The minimum Gasteiger partial charge on any atom is -0.468 e. The van der Waals surface area contributed by atoms with Crippen LogP contribution >= 0.6 is 11.3 Å². The average Bonchev–Trinajstić information content (AvgIpc) is 3.18. The topological polar surface area (TPSA) is 50.6 Å². The van der Waals surface area contributed by atoms with Crippen molar-refractivity contribution < 1.29 is 9.53 Å². The average molecular weight is 348 g/mol. The van der Waals surface area contributed by atoms with E-state index in [1.807, 2.05) is 34.8 Å². The Bertz CT molecular complexity index is 655. The molecular weight excluding hydrogens is 324 g/mol. The van der Waals surface area contributed by atoms with Gasteiger partial charge in [0.05, 0.1) is 13.3 Å². The van der Waals surface area contributed by atoms with E-state index in [-0.39, 0.29) is 12.0 Å². The Kier molecular flexibility index (Phi) is 5.65. The molecule has 2 aromatic heterocycles. The number of hydrogen-bond donors (Lipinski definition) is 0. The second-order valence-corrected chi connectivity index (χ2v) is 6.95. The van der Waals surface area contributed by atoms with E-state index in [0.29, 0.717) is 0 Å². The Balaban J connectivity index is 1.66. The van der Waals surface area contributed by atoms with Gasteiger partial charge in [-0.15, -0.1) is 0 Å². The van der Waals surface area contributed by atoms with Crippen molar-refractivity contribution in [3.8, 4) is 0 Å². The number of hydrogen-bond acceptors (Lipinski definition) is 6. The van der Waals surface area contributed by atoms with E-state index < -0.39 is 0 Å². The Morgan fingerprint density at radius 1 is 1.38 bits per heavy atom. The highest BCUT2D eigenvalue weighted by molar-refractivity contribution is 7.08. The van der Waals surface area contributed by atoms with Crippen molar-refractivity contribution >= 4 is 17.3 Å². The van der Waals surface area contributed by atoms with Gasteiger partial charge in [0.25, 0.3) is 0 Å². The number of ether oxygens (including phenoxy) is 1. The standard InChI is InChI=1S/C17H24N4O2S/c1-19-11-14(10-18-19)12-20-5-3-6-21(8-7-20)16(17(22)23-2)15-4-9-24-13-15/h4,9-11,13,16H,3,5-8,12H2,1-2H3/t16-/m0/s1. The smallest absolute Gasteiger partial charge is 0.327 e. The molecule has 0 aromatic carbocycles. The number of methoxy groups -OCH3 is 1. The van der Waals surface area contributed by atoms with Gasteiger partial charge >= 0.3 is 5.97 Å². The van der Waals surface area contributed by atoms with E-state index in [9.17, 15) is 4.79 Å².